The molecule has 0 aromatic rings. The minimum absolute atomic E-state index is 0.0312. The fourth-order valence-electron chi connectivity index (χ4n) is 1.64. The van der Waals surface area contributed by atoms with Crippen LogP contribution in [0.15, 0.2) is 9.98 Å². The molecular formula is C10H21N5. The average molecular weight is 211 g/mol. The van der Waals surface area contributed by atoms with Gasteiger partial charge in [-0.3, -0.25) is 0 Å². The molecule has 0 saturated carbocycles. The molecular weight excluding hydrogens is 190 g/mol. The van der Waals surface area contributed by atoms with E-state index in [2.05, 4.69) is 35.7 Å². The van der Waals surface area contributed by atoms with Crippen molar-refractivity contribution in [2.45, 2.75) is 39.2 Å². The molecule has 5 nitrogen and oxygen atoms in total. The Morgan fingerprint density at radius 3 is 2.73 bits per heavy atom. The third kappa shape index (κ3) is 2.84. The van der Waals surface area contributed by atoms with Crippen LogP contribution >= 0.6 is 0 Å². The maximum Gasteiger partial charge on any atom is 0.224 e. The van der Waals surface area contributed by atoms with E-state index in [-0.39, 0.29) is 11.5 Å². The van der Waals surface area contributed by atoms with E-state index in [0.29, 0.717) is 5.96 Å². The number of hydrogen-bond donors (Lipinski definition) is 2. The van der Waals surface area contributed by atoms with Gasteiger partial charge in [0, 0.05) is 6.54 Å². The van der Waals surface area contributed by atoms with Crippen LogP contribution in [0.25, 0.3) is 0 Å². The van der Waals surface area contributed by atoms with Gasteiger partial charge in [0.2, 0.25) is 5.96 Å². The van der Waals surface area contributed by atoms with E-state index in [1.54, 1.807) is 0 Å². The number of nitrogens with two attached hydrogens (primary N) is 2. The molecule has 0 saturated heterocycles. The first-order valence-electron chi connectivity index (χ1n) is 5.39. The Morgan fingerprint density at radius 1 is 1.53 bits per heavy atom. The summed E-state index contributed by atoms with van der Waals surface area (Å²) in [5.41, 5.74) is 10.8. The van der Waals surface area contributed by atoms with Gasteiger partial charge in [-0.25, -0.2) is 4.99 Å². The SMILES string of the molecule is CCCCN1C(N=C(N)N)=NCC1(C)C. The van der Waals surface area contributed by atoms with Crippen LogP contribution in [0.5, 0.6) is 0 Å². The van der Waals surface area contributed by atoms with E-state index in [1.807, 2.05) is 0 Å². The lowest BCUT2D eigenvalue weighted by Crippen LogP contribution is -2.45. The molecule has 0 fully saturated rings. The second-order valence-electron chi connectivity index (χ2n) is 4.47. The van der Waals surface area contributed by atoms with Crippen molar-refractivity contribution in [3.63, 3.8) is 0 Å². The van der Waals surface area contributed by atoms with Gasteiger partial charge in [-0.15, -0.1) is 0 Å². The highest BCUT2D eigenvalue weighted by Crippen LogP contribution is 2.22. The van der Waals surface area contributed by atoms with Crippen LogP contribution in [0, 0.1) is 0 Å². The van der Waals surface area contributed by atoms with Gasteiger partial charge in [0.05, 0.1) is 12.1 Å². The molecule has 15 heavy (non-hydrogen) atoms. The van der Waals surface area contributed by atoms with E-state index in [1.165, 1.54) is 0 Å². The minimum Gasteiger partial charge on any atom is -0.370 e. The van der Waals surface area contributed by atoms with Gasteiger partial charge in [0.1, 0.15) is 0 Å². The van der Waals surface area contributed by atoms with Gasteiger partial charge in [0.25, 0.3) is 0 Å². The van der Waals surface area contributed by atoms with Crippen molar-refractivity contribution in [1.29, 1.82) is 0 Å². The lowest BCUT2D eigenvalue weighted by atomic mass is 10.0. The van der Waals surface area contributed by atoms with Crippen LogP contribution in [0.1, 0.15) is 33.6 Å². The first kappa shape index (κ1) is 11.8. The number of unbranched alkanes of at least 4 members (excludes halogenated alkanes) is 1. The summed E-state index contributed by atoms with van der Waals surface area (Å²) in [4.78, 5) is 10.6. The first-order valence-corrected chi connectivity index (χ1v) is 5.39. The summed E-state index contributed by atoms with van der Waals surface area (Å²) < 4.78 is 0. The van der Waals surface area contributed by atoms with Crippen molar-refractivity contribution in [3.05, 3.63) is 0 Å². The Labute approximate surface area is 91.2 Å². The second kappa shape index (κ2) is 4.51. The van der Waals surface area contributed by atoms with Crippen LogP contribution in [0.2, 0.25) is 0 Å². The van der Waals surface area contributed by atoms with Crippen molar-refractivity contribution in [2.24, 2.45) is 21.5 Å². The highest BCUT2D eigenvalue weighted by molar-refractivity contribution is 5.94. The third-order valence-electron chi connectivity index (χ3n) is 2.54. The summed E-state index contributed by atoms with van der Waals surface area (Å²) in [5.74, 6) is 0.751. The van der Waals surface area contributed by atoms with Crippen LogP contribution in [0.4, 0.5) is 0 Å². The summed E-state index contributed by atoms with van der Waals surface area (Å²) >= 11 is 0. The highest BCUT2D eigenvalue weighted by atomic mass is 15.4. The van der Waals surface area contributed by atoms with Crippen LogP contribution < -0.4 is 11.5 Å². The normalized spacial score (nSPS) is 18.9. The molecule has 0 atom stereocenters. The largest absolute Gasteiger partial charge is 0.370 e. The summed E-state index contributed by atoms with van der Waals surface area (Å²) in [6.45, 7) is 8.19. The van der Waals surface area contributed by atoms with Crippen LogP contribution in [-0.4, -0.2) is 35.4 Å². The molecule has 1 heterocycles. The molecule has 86 valence electrons. The fraction of sp³-hybridized carbons (Fsp3) is 0.800. The van der Waals surface area contributed by atoms with E-state index in [0.717, 1.165) is 25.9 Å². The molecule has 5 heteroatoms. The number of nitrogens with zero attached hydrogens (tertiary/aromatic N) is 3. The lowest BCUT2D eigenvalue weighted by Gasteiger charge is -2.32. The monoisotopic (exact) mass is 211 g/mol. The molecule has 0 bridgehead atoms. The molecule has 0 radical (unpaired) electrons. The molecule has 0 amide bonds. The molecule has 1 rings (SSSR count). The maximum absolute atomic E-state index is 5.37. The molecule has 0 aliphatic carbocycles. The number of hydrogen-bond acceptors (Lipinski definition) is 3. The van der Waals surface area contributed by atoms with Gasteiger partial charge in [-0.2, -0.15) is 4.99 Å². The summed E-state index contributed by atoms with van der Waals surface area (Å²) in [6, 6.07) is 0. The zero-order chi connectivity index (χ0) is 11.5. The summed E-state index contributed by atoms with van der Waals surface area (Å²) in [5, 5.41) is 0. The van der Waals surface area contributed by atoms with Gasteiger partial charge < -0.3 is 16.4 Å². The Balaban J connectivity index is 2.75. The predicted molar refractivity (Wildman–Crippen MR) is 63.8 cm³/mol. The van der Waals surface area contributed by atoms with Crippen molar-refractivity contribution in [3.8, 4) is 0 Å². The van der Waals surface area contributed by atoms with Crippen LogP contribution in [-0.2, 0) is 0 Å². The molecule has 1 aliphatic heterocycles. The van der Waals surface area contributed by atoms with Gasteiger partial charge in [-0.1, -0.05) is 13.3 Å². The topological polar surface area (TPSA) is 80.0 Å². The van der Waals surface area contributed by atoms with Gasteiger partial charge >= 0.3 is 0 Å². The zero-order valence-corrected chi connectivity index (χ0v) is 9.82. The Hall–Kier alpha value is -1.26. The van der Waals surface area contributed by atoms with Crippen molar-refractivity contribution in [1.82, 2.24) is 4.90 Å². The van der Waals surface area contributed by atoms with Crippen molar-refractivity contribution >= 4 is 11.9 Å². The summed E-state index contributed by atoms with van der Waals surface area (Å²) in [6.07, 6.45) is 2.28. The Morgan fingerprint density at radius 2 is 2.20 bits per heavy atom. The molecule has 0 spiro atoms. The van der Waals surface area contributed by atoms with E-state index >= 15 is 0 Å². The van der Waals surface area contributed by atoms with Gasteiger partial charge in [0.15, 0.2) is 5.96 Å². The Kier molecular flexibility index (Phi) is 3.55. The lowest BCUT2D eigenvalue weighted by molar-refractivity contribution is 0.242. The molecule has 4 N–H and O–H groups in total. The quantitative estimate of drug-likeness (QED) is 0.527. The predicted octanol–water partition coefficient (Wildman–Crippen LogP) is 0.510. The minimum atomic E-state index is 0.0312. The number of rotatable bonds is 3. The summed E-state index contributed by atoms with van der Waals surface area (Å²) in [7, 11) is 0. The van der Waals surface area contributed by atoms with Crippen molar-refractivity contribution in [2.75, 3.05) is 13.1 Å². The Bertz CT molecular complexity index is 276. The van der Waals surface area contributed by atoms with Gasteiger partial charge in [-0.05, 0) is 20.3 Å². The smallest absolute Gasteiger partial charge is 0.224 e. The van der Waals surface area contributed by atoms with E-state index in [9.17, 15) is 0 Å². The third-order valence-corrected chi connectivity index (χ3v) is 2.54. The van der Waals surface area contributed by atoms with Crippen LogP contribution in [0.3, 0.4) is 0 Å². The van der Waals surface area contributed by atoms with Crippen molar-refractivity contribution < 1.29 is 0 Å². The highest BCUT2D eigenvalue weighted by Gasteiger charge is 2.34. The number of guanidine groups is 2. The number of aliphatic imine (C=N–C) groups is 2. The fourth-order valence-corrected chi connectivity index (χ4v) is 1.64. The molecule has 0 aromatic heterocycles. The zero-order valence-electron chi connectivity index (χ0n) is 9.82. The first-order chi connectivity index (χ1) is 6.97. The average Bonchev–Trinajstić information content (AvgIpc) is 2.38. The maximum atomic E-state index is 5.37. The van der Waals surface area contributed by atoms with E-state index < -0.39 is 0 Å². The standard InChI is InChI=1S/C10H21N5/c1-4-5-6-15-9(14-8(11)12)13-7-10(15,2)3/h4-7H2,1-3H3,(H4,11,12,13,14). The second-order valence-corrected chi connectivity index (χ2v) is 4.47. The molecule has 0 aromatic carbocycles. The molecule has 1 aliphatic rings. The molecule has 0 unspecified atom stereocenters. The van der Waals surface area contributed by atoms with E-state index in [4.69, 9.17) is 11.5 Å².